The van der Waals surface area contributed by atoms with E-state index in [4.69, 9.17) is 11.5 Å². The molecule has 71 heavy (non-hydrogen) atoms. The van der Waals surface area contributed by atoms with Crippen molar-refractivity contribution in [3.63, 3.8) is 0 Å². The van der Waals surface area contributed by atoms with Crippen LogP contribution < -0.4 is 54.0 Å². The van der Waals surface area contributed by atoms with E-state index in [0.29, 0.717) is 30.4 Å². The van der Waals surface area contributed by atoms with Crippen molar-refractivity contribution in [3.05, 3.63) is 65.9 Å². The fourth-order valence-corrected chi connectivity index (χ4v) is 7.96. The summed E-state index contributed by atoms with van der Waals surface area (Å²) in [7, 11) is 1.49. The monoisotopic (exact) mass is 990 g/mol. The number of likely N-dealkylation sites (tertiary alicyclic amines) is 1. The molecule has 24 nitrogen and oxygen atoms in total. The topological polar surface area (TPSA) is 374 Å². The summed E-state index contributed by atoms with van der Waals surface area (Å²) in [5.74, 6) is -6.62. The van der Waals surface area contributed by atoms with Crippen LogP contribution >= 0.6 is 0 Å². The highest BCUT2D eigenvalue weighted by Gasteiger charge is 2.39. The number of hydrogen-bond donors (Lipinski definition) is 13. The minimum Gasteiger partial charge on any atom is -0.508 e. The van der Waals surface area contributed by atoms with Crippen molar-refractivity contribution >= 4 is 70.0 Å². The molecule has 2 aromatic carbocycles. The lowest BCUT2D eigenvalue weighted by molar-refractivity contribution is -0.142. The predicted molar refractivity (Wildman–Crippen MR) is 260 cm³/mol. The minimum absolute atomic E-state index is 0.0321. The number of fused-ring (bicyclic) bond motifs is 1. The first-order valence-corrected chi connectivity index (χ1v) is 23.3. The molecule has 2 heterocycles. The van der Waals surface area contributed by atoms with Gasteiger partial charge in [0, 0.05) is 57.0 Å². The lowest BCUT2D eigenvalue weighted by Crippen LogP contribution is -2.59. The van der Waals surface area contributed by atoms with Gasteiger partial charge < -0.3 is 74.1 Å². The molecule has 0 spiro atoms. The molecule has 0 bridgehead atoms. The molecule has 0 aliphatic carbocycles. The van der Waals surface area contributed by atoms with Gasteiger partial charge in [-0.3, -0.25) is 48.1 Å². The Morgan fingerprint density at radius 3 is 2.08 bits per heavy atom. The van der Waals surface area contributed by atoms with Crippen molar-refractivity contribution in [2.75, 3.05) is 39.8 Å². The second-order valence-corrected chi connectivity index (χ2v) is 17.6. The second kappa shape index (κ2) is 27.4. The molecule has 1 saturated heterocycles. The van der Waals surface area contributed by atoms with Crippen molar-refractivity contribution < 1.29 is 53.4 Å². The lowest BCUT2D eigenvalue weighted by atomic mass is 10.0. The maximum atomic E-state index is 14.1. The fourth-order valence-electron chi connectivity index (χ4n) is 7.96. The van der Waals surface area contributed by atoms with Crippen LogP contribution in [-0.4, -0.2) is 155 Å². The zero-order chi connectivity index (χ0) is 52.2. The van der Waals surface area contributed by atoms with Crippen LogP contribution in [0.25, 0.3) is 10.9 Å². The van der Waals surface area contributed by atoms with Gasteiger partial charge in [-0.1, -0.05) is 44.2 Å². The molecule has 0 radical (unpaired) electrons. The zero-order valence-corrected chi connectivity index (χ0v) is 40.3. The number of aromatic hydroxyl groups is 1. The summed E-state index contributed by atoms with van der Waals surface area (Å²) in [4.78, 5) is 128. The summed E-state index contributed by atoms with van der Waals surface area (Å²) < 4.78 is 0. The largest absolute Gasteiger partial charge is 0.508 e. The third-order valence-corrected chi connectivity index (χ3v) is 11.5. The Balaban J connectivity index is 1.46. The van der Waals surface area contributed by atoms with Crippen molar-refractivity contribution in [2.24, 2.45) is 22.4 Å². The molecule has 3 aromatic rings. The highest BCUT2D eigenvalue weighted by molar-refractivity contribution is 5.97. The number of aliphatic hydroxyl groups excluding tert-OH is 1. The van der Waals surface area contributed by atoms with Crippen LogP contribution in [-0.2, 0) is 56.0 Å². The Morgan fingerprint density at radius 1 is 0.775 bits per heavy atom. The van der Waals surface area contributed by atoms with E-state index in [1.165, 1.54) is 43.1 Å². The van der Waals surface area contributed by atoms with E-state index in [2.05, 4.69) is 52.5 Å². The molecule has 6 atom stereocenters. The van der Waals surface area contributed by atoms with E-state index in [1.807, 2.05) is 38.1 Å². The van der Waals surface area contributed by atoms with E-state index in [1.54, 1.807) is 6.20 Å². The Kier molecular flexibility index (Phi) is 21.6. The number of aliphatic hydroxyl groups is 1. The molecule has 1 fully saturated rings. The van der Waals surface area contributed by atoms with Crippen LogP contribution in [0, 0.1) is 5.92 Å². The van der Waals surface area contributed by atoms with Gasteiger partial charge in [-0.05, 0) is 67.3 Å². The molecule has 0 unspecified atom stereocenters. The summed E-state index contributed by atoms with van der Waals surface area (Å²) in [5, 5.41) is 41.7. The summed E-state index contributed by atoms with van der Waals surface area (Å²) in [6.07, 6.45) is 2.87. The van der Waals surface area contributed by atoms with E-state index in [0.717, 1.165) is 10.9 Å². The zero-order valence-electron chi connectivity index (χ0n) is 40.3. The Morgan fingerprint density at radius 2 is 1.42 bits per heavy atom. The maximum Gasteiger partial charge on any atom is 0.245 e. The number of amides is 9. The van der Waals surface area contributed by atoms with Gasteiger partial charge in [-0.25, -0.2) is 0 Å². The van der Waals surface area contributed by atoms with Crippen LogP contribution in [0.3, 0.4) is 0 Å². The Labute approximate surface area is 410 Å². The highest BCUT2D eigenvalue weighted by Crippen LogP contribution is 2.21. The van der Waals surface area contributed by atoms with E-state index >= 15 is 0 Å². The van der Waals surface area contributed by atoms with Crippen molar-refractivity contribution in [3.8, 4) is 5.75 Å². The van der Waals surface area contributed by atoms with Crippen LogP contribution in [0.15, 0.2) is 59.7 Å². The third kappa shape index (κ3) is 17.6. The Hall–Kier alpha value is -7.76. The van der Waals surface area contributed by atoms with Gasteiger partial charge >= 0.3 is 0 Å². The van der Waals surface area contributed by atoms with Crippen molar-refractivity contribution in [1.29, 1.82) is 0 Å². The molecule has 1 aromatic heterocycles. The maximum absolute atomic E-state index is 14.1. The Bertz CT molecular complexity index is 2390. The number of aliphatic imine (C=N–C) groups is 1. The number of hydrogen-bond acceptors (Lipinski definition) is 12. The van der Waals surface area contributed by atoms with E-state index in [9.17, 15) is 53.4 Å². The molecule has 1 aliphatic heterocycles. The molecule has 1 aliphatic rings. The fraction of sp³-hybridized carbons (Fsp3) is 0.489. The number of H-pyrrole nitrogens is 1. The lowest BCUT2D eigenvalue weighted by Gasteiger charge is -2.30. The van der Waals surface area contributed by atoms with Crippen LogP contribution in [0.4, 0.5) is 0 Å². The molecule has 0 saturated carbocycles. The number of phenolic OH excluding ortho intramolecular Hbond substituents is 1. The molecule has 386 valence electrons. The van der Waals surface area contributed by atoms with Crippen LogP contribution in [0.2, 0.25) is 0 Å². The number of aromatic amines is 1. The molecule has 4 rings (SSSR count). The number of primary amides is 1. The first-order valence-electron chi connectivity index (χ1n) is 23.3. The van der Waals surface area contributed by atoms with Gasteiger partial charge in [-0.15, -0.1) is 0 Å². The first kappa shape index (κ1) is 55.8. The summed E-state index contributed by atoms with van der Waals surface area (Å²) >= 11 is 0. The summed E-state index contributed by atoms with van der Waals surface area (Å²) in [6.45, 7) is 3.33. The quantitative estimate of drug-likeness (QED) is 0.0219. The number of nitrogens with two attached hydrogens (primary N) is 2. The smallest absolute Gasteiger partial charge is 0.245 e. The van der Waals surface area contributed by atoms with Crippen LogP contribution in [0.1, 0.15) is 64.0 Å². The van der Waals surface area contributed by atoms with Gasteiger partial charge in [0.15, 0.2) is 5.96 Å². The van der Waals surface area contributed by atoms with E-state index < -0.39 is 109 Å². The number of nitrogens with one attached hydrogen (secondary N) is 9. The van der Waals surface area contributed by atoms with E-state index in [-0.39, 0.29) is 56.4 Å². The number of nitrogens with zero attached hydrogens (tertiary/aromatic N) is 2. The van der Waals surface area contributed by atoms with Crippen LogP contribution in [0.5, 0.6) is 5.75 Å². The number of benzene rings is 2. The number of guanidine groups is 1. The van der Waals surface area contributed by atoms with Gasteiger partial charge in [-0.2, -0.15) is 0 Å². The molecule has 15 N–H and O–H groups in total. The first-order chi connectivity index (χ1) is 33.8. The number of phenols is 1. The summed E-state index contributed by atoms with van der Waals surface area (Å²) in [6, 6.07) is 5.63. The number of rotatable bonds is 26. The normalized spacial score (nSPS) is 15.6. The number of aromatic nitrogens is 1. The SMILES string of the molecule is CN=C(N)NCCC[C@H](NC(=O)[C@H](CC(C)C)NC(=O)CNC(=O)[C@H](Cc1ccc(O)cc1)NC(=O)[C@H](CO)NC(=O)[C@H](Cc1c[nH]c2ccccc12)NC(C)=O)C(=O)N1CCC[C@H]1C(=O)NCC(N)=O. The van der Waals surface area contributed by atoms with Gasteiger partial charge in [0.25, 0.3) is 0 Å². The second-order valence-electron chi connectivity index (χ2n) is 17.6. The molecule has 24 heteroatoms. The number of para-hydroxylation sites is 1. The third-order valence-electron chi connectivity index (χ3n) is 11.5. The standard InChI is InChI=1S/C47H67N13O11/c1-26(2)19-34(42(67)57-33(11-7-17-51-47(49)50-4)46(71)60-18-8-12-38(60)45(70)53-23-39(48)64)56-40(65)24-54-41(66)35(20-28-13-15-30(63)16-14-28)58-44(69)37(25-61)59-43(68)36(55-27(3)62)21-29-22-52-32-10-6-5-9-31(29)32/h5-6,9-10,13-16,22,26,33-38,52,61,63H,7-8,11-12,17-21,23-25H2,1-4H3,(H2,48,64)(H,53,70)(H,54,66)(H,55,62)(H,56,65)(H,57,67)(H,58,69)(H,59,68)(H3,49,50,51)/t33-,34-,35-,36-,37-,38-/m0/s1. The van der Waals surface area contributed by atoms with Gasteiger partial charge in [0.05, 0.1) is 19.7 Å². The average molecular weight is 990 g/mol. The summed E-state index contributed by atoms with van der Waals surface area (Å²) in [5.41, 5.74) is 12.9. The molecular weight excluding hydrogens is 923 g/mol. The number of carbonyl (C=O) groups excluding carboxylic acids is 9. The van der Waals surface area contributed by atoms with Gasteiger partial charge in [0.1, 0.15) is 42.0 Å². The highest BCUT2D eigenvalue weighted by atomic mass is 16.3. The number of carbonyl (C=O) groups is 9. The van der Waals surface area contributed by atoms with Gasteiger partial charge in [0.2, 0.25) is 53.2 Å². The predicted octanol–water partition coefficient (Wildman–Crippen LogP) is -2.84. The average Bonchev–Trinajstić information content (AvgIpc) is 4.00. The van der Waals surface area contributed by atoms with Crippen molar-refractivity contribution in [1.82, 2.24) is 52.4 Å². The van der Waals surface area contributed by atoms with Crippen molar-refractivity contribution in [2.45, 2.75) is 102 Å². The molecule has 9 amide bonds. The minimum atomic E-state index is -1.60. The molecular formula is C47H67N13O11.